The average Bonchev–Trinajstić information content (AvgIpc) is 2.98. The van der Waals surface area contributed by atoms with Crippen LogP contribution in [0.3, 0.4) is 0 Å². The molecule has 0 unspecified atom stereocenters. The Morgan fingerprint density at radius 2 is 1.85 bits per heavy atom. The summed E-state index contributed by atoms with van der Waals surface area (Å²) in [4.78, 5) is 2.65. The molecule has 0 fully saturated rings. The molecule has 9 heteroatoms. The van der Waals surface area contributed by atoms with E-state index in [0.29, 0.717) is 0 Å². The number of fused-ring (bicyclic) bond motifs is 1. The van der Waals surface area contributed by atoms with Crippen LogP contribution in [0.4, 0.5) is 22.0 Å². The van der Waals surface area contributed by atoms with Crippen LogP contribution in [-0.4, -0.2) is 17.0 Å². The number of aromatic amines is 1. The van der Waals surface area contributed by atoms with Crippen molar-refractivity contribution < 1.29 is 26.7 Å². The molecule has 26 heavy (non-hydrogen) atoms. The van der Waals surface area contributed by atoms with Crippen LogP contribution >= 0.6 is 0 Å². The van der Waals surface area contributed by atoms with E-state index in [-0.39, 0.29) is 27.8 Å². The molecular weight excluding hydrogens is 357 g/mol. The van der Waals surface area contributed by atoms with E-state index in [1.54, 1.807) is 0 Å². The van der Waals surface area contributed by atoms with Crippen LogP contribution in [0.15, 0.2) is 36.5 Å². The van der Waals surface area contributed by atoms with Crippen molar-refractivity contribution in [1.82, 2.24) is 4.98 Å². The van der Waals surface area contributed by atoms with Gasteiger partial charge in [-0.05, 0) is 24.3 Å². The van der Waals surface area contributed by atoms with E-state index >= 15 is 0 Å². The highest BCUT2D eigenvalue weighted by Gasteiger charge is 2.32. The molecule has 0 aliphatic rings. The molecule has 136 valence electrons. The lowest BCUT2D eigenvalue weighted by atomic mass is 10.0. The van der Waals surface area contributed by atoms with Gasteiger partial charge in [0.1, 0.15) is 17.4 Å². The normalized spacial score (nSPS) is 11.7. The number of hydrogen-bond acceptors (Lipinski definition) is 2. The zero-order valence-electron chi connectivity index (χ0n) is 13.0. The van der Waals surface area contributed by atoms with Crippen molar-refractivity contribution in [3.8, 4) is 11.5 Å². The number of halogens is 5. The van der Waals surface area contributed by atoms with Crippen molar-refractivity contribution in [3.05, 3.63) is 59.3 Å². The first-order valence-electron chi connectivity index (χ1n) is 7.33. The van der Waals surface area contributed by atoms with E-state index in [9.17, 15) is 22.0 Å². The number of ether oxygens (including phenoxy) is 1. The summed E-state index contributed by atoms with van der Waals surface area (Å²) < 4.78 is 72.2. The minimum atomic E-state index is -4.59. The smallest absolute Gasteiger partial charge is 0.393 e. The molecule has 1 heterocycles. The standard InChI is InChI=1S/C17H12F5N3O/c18-12-2-1-8(5-10(12)16(23)24)26-15-11(7-17(20,21)22)9-3-4-25-14(9)6-13(15)19/h1-6,25H,7H2,(H3,23,24). The van der Waals surface area contributed by atoms with E-state index < -0.39 is 35.8 Å². The number of nitrogen functional groups attached to an aromatic ring is 1. The van der Waals surface area contributed by atoms with Gasteiger partial charge in [0, 0.05) is 28.7 Å². The Morgan fingerprint density at radius 1 is 1.12 bits per heavy atom. The van der Waals surface area contributed by atoms with E-state index in [0.717, 1.165) is 24.3 Å². The second kappa shape index (κ2) is 6.32. The summed E-state index contributed by atoms with van der Waals surface area (Å²) in [6.07, 6.45) is -4.61. The van der Waals surface area contributed by atoms with Crippen molar-refractivity contribution in [1.29, 1.82) is 5.41 Å². The minimum Gasteiger partial charge on any atom is -0.454 e. The second-order valence-corrected chi connectivity index (χ2v) is 5.55. The Bertz CT molecular complexity index is 994. The van der Waals surface area contributed by atoms with Gasteiger partial charge in [0.2, 0.25) is 0 Å². The van der Waals surface area contributed by atoms with Crippen molar-refractivity contribution >= 4 is 16.7 Å². The number of hydrogen-bond donors (Lipinski definition) is 3. The highest BCUT2D eigenvalue weighted by molar-refractivity contribution is 5.95. The summed E-state index contributed by atoms with van der Waals surface area (Å²) in [6, 6.07) is 5.46. The van der Waals surface area contributed by atoms with Crippen molar-refractivity contribution in [2.24, 2.45) is 5.73 Å². The summed E-state index contributed by atoms with van der Waals surface area (Å²) in [7, 11) is 0. The van der Waals surface area contributed by atoms with Crippen molar-refractivity contribution in [3.63, 3.8) is 0 Å². The predicted molar refractivity (Wildman–Crippen MR) is 85.5 cm³/mol. The first kappa shape index (κ1) is 17.7. The topological polar surface area (TPSA) is 74.9 Å². The molecule has 0 bridgehead atoms. The molecule has 0 saturated carbocycles. The maximum absolute atomic E-state index is 14.4. The van der Waals surface area contributed by atoms with Gasteiger partial charge in [0.15, 0.2) is 11.6 Å². The third-order valence-corrected chi connectivity index (χ3v) is 3.69. The van der Waals surface area contributed by atoms with E-state index in [2.05, 4.69) is 4.98 Å². The van der Waals surface area contributed by atoms with Gasteiger partial charge in [-0.2, -0.15) is 13.2 Å². The minimum absolute atomic E-state index is 0.145. The number of alkyl halides is 3. The Hall–Kier alpha value is -3.10. The van der Waals surface area contributed by atoms with Crippen LogP contribution in [-0.2, 0) is 6.42 Å². The van der Waals surface area contributed by atoms with Crippen LogP contribution in [0.2, 0.25) is 0 Å². The molecule has 3 rings (SSSR count). The lowest BCUT2D eigenvalue weighted by Crippen LogP contribution is -2.14. The number of aromatic nitrogens is 1. The van der Waals surface area contributed by atoms with Gasteiger partial charge >= 0.3 is 6.18 Å². The molecule has 0 atom stereocenters. The molecule has 4 N–H and O–H groups in total. The third kappa shape index (κ3) is 3.46. The molecular formula is C17H12F5N3O. The van der Waals surface area contributed by atoms with Crippen molar-refractivity contribution in [2.75, 3.05) is 0 Å². The van der Waals surface area contributed by atoms with Crippen LogP contribution in [0, 0.1) is 17.0 Å². The Labute approximate surface area is 143 Å². The molecule has 4 nitrogen and oxygen atoms in total. The molecule has 0 amide bonds. The number of benzene rings is 2. The first-order chi connectivity index (χ1) is 12.2. The summed E-state index contributed by atoms with van der Waals surface area (Å²) in [6.45, 7) is 0. The largest absolute Gasteiger partial charge is 0.454 e. The second-order valence-electron chi connectivity index (χ2n) is 5.55. The fraction of sp³-hybridized carbons (Fsp3) is 0.118. The Kier molecular flexibility index (Phi) is 4.31. The highest BCUT2D eigenvalue weighted by Crippen LogP contribution is 2.38. The molecule has 2 aromatic carbocycles. The molecule has 3 aromatic rings. The van der Waals surface area contributed by atoms with Crippen molar-refractivity contribution in [2.45, 2.75) is 12.6 Å². The monoisotopic (exact) mass is 369 g/mol. The number of amidine groups is 1. The lowest BCUT2D eigenvalue weighted by molar-refractivity contribution is -0.127. The van der Waals surface area contributed by atoms with Gasteiger partial charge in [-0.1, -0.05) is 0 Å². The SMILES string of the molecule is N=C(N)c1cc(Oc2c(F)cc3[nH]ccc3c2CC(F)(F)F)ccc1F. The van der Waals surface area contributed by atoms with Crippen LogP contribution in [0.5, 0.6) is 11.5 Å². The quantitative estimate of drug-likeness (QED) is 0.356. The van der Waals surface area contributed by atoms with Gasteiger partial charge in [-0.3, -0.25) is 5.41 Å². The number of nitrogens with one attached hydrogen (secondary N) is 2. The fourth-order valence-electron chi connectivity index (χ4n) is 2.60. The fourth-order valence-corrected chi connectivity index (χ4v) is 2.60. The Morgan fingerprint density at radius 3 is 2.50 bits per heavy atom. The number of nitrogens with two attached hydrogens (primary N) is 1. The molecule has 0 spiro atoms. The maximum atomic E-state index is 14.4. The van der Waals surface area contributed by atoms with Gasteiger partial charge in [-0.15, -0.1) is 0 Å². The molecule has 0 saturated heterocycles. The summed E-state index contributed by atoms with van der Waals surface area (Å²) in [5.74, 6) is -3.16. The Balaban J connectivity index is 2.12. The molecule has 0 aliphatic heterocycles. The van der Waals surface area contributed by atoms with Gasteiger partial charge in [0.05, 0.1) is 12.0 Å². The summed E-state index contributed by atoms with van der Waals surface area (Å²) in [5.41, 5.74) is 4.74. The average molecular weight is 369 g/mol. The van der Waals surface area contributed by atoms with E-state index in [1.807, 2.05) is 0 Å². The van der Waals surface area contributed by atoms with E-state index in [1.165, 1.54) is 12.3 Å². The third-order valence-electron chi connectivity index (χ3n) is 3.69. The number of rotatable bonds is 4. The zero-order valence-corrected chi connectivity index (χ0v) is 13.0. The molecule has 0 radical (unpaired) electrons. The van der Waals surface area contributed by atoms with Crippen LogP contribution in [0.1, 0.15) is 11.1 Å². The molecule has 0 aliphatic carbocycles. The van der Waals surface area contributed by atoms with Gasteiger partial charge in [-0.25, -0.2) is 8.78 Å². The molecule has 1 aromatic heterocycles. The summed E-state index contributed by atoms with van der Waals surface area (Å²) >= 11 is 0. The van der Waals surface area contributed by atoms with Crippen LogP contribution < -0.4 is 10.5 Å². The highest BCUT2D eigenvalue weighted by atomic mass is 19.4. The summed E-state index contributed by atoms with van der Waals surface area (Å²) in [5, 5.41) is 7.46. The lowest BCUT2D eigenvalue weighted by Gasteiger charge is -2.16. The maximum Gasteiger partial charge on any atom is 0.393 e. The predicted octanol–water partition coefficient (Wildman–Crippen LogP) is 4.63. The van der Waals surface area contributed by atoms with Gasteiger partial charge in [0.25, 0.3) is 0 Å². The van der Waals surface area contributed by atoms with Crippen LogP contribution in [0.25, 0.3) is 10.9 Å². The number of H-pyrrole nitrogens is 1. The van der Waals surface area contributed by atoms with Gasteiger partial charge < -0.3 is 15.5 Å². The first-order valence-corrected chi connectivity index (χ1v) is 7.33. The van der Waals surface area contributed by atoms with E-state index in [4.69, 9.17) is 15.9 Å². The zero-order chi connectivity index (χ0) is 19.1.